The van der Waals surface area contributed by atoms with Crippen LogP contribution in [-0.2, 0) is 16.1 Å². The lowest BCUT2D eigenvalue weighted by molar-refractivity contribution is -0.114. The topological polar surface area (TPSA) is 100 Å². The maximum Gasteiger partial charge on any atom is 0.284 e. The SMILES string of the molecule is COC(O)CC1=NN(c2nc3ccccc3s2)C(=O)/C1=C(\C)NCc1ccco1. The summed E-state index contributed by atoms with van der Waals surface area (Å²) in [5, 5.41) is 19.4. The molecule has 4 rings (SSSR count). The van der Waals surface area contributed by atoms with Gasteiger partial charge in [0.05, 0.1) is 34.3 Å². The number of anilines is 1. The van der Waals surface area contributed by atoms with Crippen molar-refractivity contribution in [3.05, 3.63) is 59.7 Å². The minimum absolute atomic E-state index is 0.0821. The van der Waals surface area contributed by atoms with Crippen LogP contribution in [0.1, 0.15) is 19.1 Å². The van der Waals surface area contributed by atoms with Crippen LogP contribution in [0.15, 0.2) is 63.5 Å². The molecule has 2 N–H and O–H groups in total. The molecule has 0 bridgehead atoms. The fourth-order valence-corrected chi connectivity index (χ4v) is 3.93. The van der Waals surface area contributed by atoms with Crippen LogP contribution in [-0.4, -0.2) is 35.1 Å². The number of allylic oxidation sites excluding steroid dienone is 1. The Hall–Kier alpha value is -3.01. The number of benzene rings is 1. The van der Waals surface area contributed by atoms with E-state index >= 15 is 0 Å². The molecule has 1 unspecified atom stereocenters. The number of nitrogens with zero attached hydrogens (tertiary/aromatic N) is 3. The number of amides is 1. The molecule has 9 heteroatoms. The first-order valence-corrected chi connectivity index (χ1v) is 9.84. The van der Waals surface area contributed by atoms with Crippen molar-refractivity contribution < 1.29 is 19.1 Å². The van der Waals surface area contributed by atoms with Gasteiger partial charge in [-0.2, -0.15) is 10.1 Å². The van der Waals surface area contributed by atoms with Crippen LogP contribution >= 0.6 is 11.3 Å². The van der Waals surface area contributed by atoms with Gasteiger partial charge in [-0.05, 0) is 31.2 Å². The molecule has 8 nitrogen and oxygen atoms in total. The van der Waals surface area contributed by atoms with E-state index in [-0.39, 0.29) is 12.3 Å². The molecule has 1 amide bonds. The first-order chi connectivity index (χ1) is 14.1. The van der Waals surface area contributed by atoms with E-state index in [2.05, 4.69) is 15.4 Å². The van der Waals surface area contributed by atoms with E-state index in [1.165, 1.54) is 23.5 Å². The molecule has 1 aromatic carbocycles. The van der Waals surface area contributed by atoms with Crippen molar-refractivity contribution in [2.75, 3.05) is 12.1 Å². The number of para-hydroxylation sites is 1. The third-order valence-electron chi connectivity index (χ3n) is 4.50. The maximum absolute atomic E-state index is 13.2. The lowest BCUT2D eigenvalue weighted by atomic mass is 10.1. The van der Waals surface area contributed by atoms with Gasteiger partial charge in [-0.25, -0.2) is 4.98 Å². The average molecular weight is 412 g/mol. The molecule has 0 radical (unpaired) electrons. The highest BCUT2D eigenvalue weighted by atomic mass is 32.1. The summed E-state index contributed by atoms with van der Waals surface area (Å²) in [4.78, 5) is 17.7. The van der Waals surface area contributed by atoms with Gasteiger partial charge >= 0.3 is 0 Å². The number of rotatable bonds is 7. The summed E-state index contributed by atoms with van der Waals surface area (Å²) in [6.07, 6.45) is 0.611. The largest absolute Gasteiger partial charge is 0.467 e. The van der Waals surface area contributed by atoms with E-state index in [4.69, 9.17) is 9.15 Å². The number of aliphatic hydroxyl groups is 1. The lowest BCUT2D eigenvalue weighted by Gasteiger charge is -2.12. The highest BCUT2D eigenvalue weighted by Gasteiger charge is 2.35. The number of methoxy groups -OCH3 is 1. The van der Waals surface area contributed by atoms with Gasteiger partial charge in [0.15, 0.2) is 6.29 Å². The molecule has 3 aromatic rings. The number of thiazole rings is 1. The molecule has 2 aromatic heterocycles. The maximum atomic E-state index is 13.2. The van der Waals surface area contributed by atoms with E-state index in [1.807, 2.05) is 30.3 Å². The Kier molecular flexibility index (Phi) is 5.43. The lowest BCUT2D eigenvalue weighted by Crippen LogP contribution is -2.25. The molecule has 0 saturated carbocycles. The molecular weight excluding hydrogens is 392 g/mol. The number of aromatic nitrogens is 1. The first-order valence-electron chi connectivity index (χ1n) is 9.02. The summed E-state index contributed by atoms with van der Waals surface area (Å²) in [5.41, 5.74) is 2.27. The zero-order valence-electron chi connectivity index (χ0n) is 16.0. The third kappa shape index (κ3) is 3.93. The Balaban J connectivity index is 1.66. The smallest absolute Gasteiger partial charge is 0.284 e. The molecule has 0 aliphatic carbocycles. The number of carbonyl (C=O) groups excluding carboxylic acids is 1. The molecule has 0 fully saturated rings. The van der Waals surface area contributed by atoms with E-state index < -0.39 is 6.29 Å². The number of fused-ring (bicyclic) bond motifs is 1. The minimum Gasteiger partial charge on any atom is -0.467 e. The van der Waals surface area contributed by atoms with Crippen molar-refractivity contribution >= 4 is 38.3 Å². The van der Waals surface area contributed by atoms with E-state index in [0.717, 1.165) is 16.0 Å². The molecule has 0 saturated heterocycles. The number of hydrogen-bond acceptors (Lipinski definition) is 8. The van der Waals surface area contributed by atoms with Crippen LogP contribution in [0.2, 0.25) is 0 Å². The van der Waals surface area contributed by atoms with Gasteiger partial charge in [-0.1, -0.05) is 23.5 Å². The van der Waals surface area contributed by atoms with Crippen LogP contribution in [0.4, 0.5) is 5.13 Å². The molecule has 29 heavy (non-hydrogen) atoms. The molecule has 1 aliphatic rings. The summed E-state index contributed by atoms with van der Waals surface area (Å²) in [6, 6.07) is 11.3. The van der Waals surface area contributed by atoms with Gasteiger partial charge in [0.25, 0.3) is 5.91 Å². The second kappa shape index (κ2) is 8.16. The Morgan fingerprint density at radius 2 is 2.17 bits per heavy atom. The highest BCUT2D eigenvalue weighted by molar-refractivity contribution is 7.22. The van der Waals surface area contributed by atoms with Crippen molar-refractivity contribution in [2.24, 2.45) is 5.10 Å². The van der Waals surface area contributed by atoms with Crippen molar-refractivity contribution in [2.45, 2.75) is 26.2 Å². The molecule has 0 spiro atoms. The zero-order valence-corrected chi connectivity index (χ0v) is 16.8. The number of carbonyl (C=O) groups is 1. The van der Waals surface area contributed by atoms with Crippen molar-refractivity contribution in [1.29, 1.82) is 0 Å². The summed E-state index contributed by atoms with van der Waals surface area (Å²) >= 11 is 1.39. The number of aliphatic hydroxyl groups excluding tert-OH is 1. The van der Waals surface area contributed by atoms with Crippen LogP contribution in [0.5, 0.6) is 0 Å². The van der Waals surface area contributed by atoms with Gasteiger partial charge in [0.2, 0.25) is 5.13 Å². The van der Waals surface area contributed by atoms with Crippen LogP contribution in [0.3, 0.4) is 0 Å². The van der Waals surface area contributed by atoms with E-state index in [1.54, 1.807) is 19.3 Å². The Bertz CT molecular complexity index is 1050. The summed E-state index contributed by atoms with van der Waals surface area (Å²) in [6.45, 7) is 2.23. The second-order valence-electron chi connectivity index (χ2n) is 6.46. The predicted octanol–water partition coefficient (Wildman–Crippen LogP) is 3.01. The van der Waals surface area contributed by atoms with Crippen LogP contribution in [0, 0.1) is 0 Å². The fourth-order valence-electron chi connectivity index (χ4n) is 3.02. The van der Waals surface area contributed by atoms with Crippen molar-refractivity contribution in [3.8, 4) is 0 Å². The monoisotopic (exact) mass is 412 g/mol. The Labute approximate surface area is 171 Å². The number of hydrazone groups is 1. The van der Waals surface area contributed by atoms with Gasteiger partial charge in [0, 0.05) is 19.2 Å². The van der Waals surface area contributed by atoms with Gasteiger partial charge in [-0.3, -0.25) is 4.79 Å². The second-order valence-corrected chi connectivity index (χ2v) is 7.46. The average Bonchev–Trinajstić information content (AvgIpc) is 3.44. The van der Waals surface area contributed by atoms with Gasteiger partial charge in [0.1, 0.15) is 5.76 Å². The Morgan fingerprint density at radius 1 is 1.34 bits per heavy atom. The summed E-state index contributed by atoms with van der Waals surface area (Å²) in [7, 11) is 1.40. The van der Waals surface area contributed by atoms with Crippen LogP contribution in [0.25, 0.3) is 10.2 Å². The van der Waals surface area contributed by atoms with Crippen molar-refractivity contribution in [1.82, 2.24) is 10.3 Å². The minimum atomic E-state index is -1.07. The summed E-state index contributed by atoms with van der Waals surface area (Å²) in [5.74, 6) is 0.445. The number of nitrogens with one attached hydrogen (secondary N) is 1. The number of ether oxygens (including phenoxy) is 1. The van der Waals surface area contributed by atoms with Crippen LogP contribution < -0.4 is 10.3 Å². The molecule has 150 valence electrons. The molecule has 1 atom stereocenters. The third-order valence-corrected chi connectivity index (χ3v) is 5.51. The standard InChI is InChI=1S/C20H20N4O4S/c1-12(21-11-13-6-5-9-28-13)18-15(10-17(25)27-2)23-24(19(18)26)20-22-14-7-3-4-8-16(14)29-20/h3-9,17,21,25H,10-11H2,1-2H3/b18-12+. The Morgan fingerprint density at radius 3 is 2.90 bits per heavy atom. The quantitative estimate of drug-likeness (QED) is 0.457. The molecular formula is C20H20N4O4S. The highest BCUT2D eigenvalue weighted by Crippen LogP contribution is 2.33. The first kappa shape index (κ1) is 19.3. The van der Waals surface area contributed by atoms with Gasteiger partial charge in [-0.15, -0.1) is 0 Å². The predicted molar refractivity (Wildman–Crippen MR) is 110 cm³/mol. The fraction of sp³-hybridized carbons (Fsp3) is 0.250. The van der Waals surface area contributed by atoms with Crippen molar-refractivity contribution in [3.63, 3.8) is 0 Å². The molecule has 1 aliphatic heterocycles. The van der Waals surface area contributed by atoms with Gasteiger partial charge < -0.3 is 19.6 Å². The number of furan rings is 1. The normalized spacial score (nSPS) is 17.0. The van der Waals surface area contributed by atoms with E-state index in [0.29, 0.717) is 28.7 Å². The zero-order chi connectivity index (χ0) is 20.4. The number of hydrogen-bond donors (Lipinski definition) is 2. The van der Waals surface area contributed by atoms with E-state index in [9.17, 15) is 9.90 Å². The summed E-state index contributed by atoms with van der Waals surface area (Å²) < 4.78 is 11.3. The molecule has 3 heterocycles.